The molecule has 1 amide bonds. The first-order chi connectivity index (χ1) is 11.2. The van der Waals surface area contributed by atoms with Crippen molar-refractivity contribution in [1.29, 1.82) is 0 Å². The van der Waals surface area contributed by atoms with Crippen molar-refractivity contribution in [3.8, 4) is 0 Å². The van der Waals surface area contributed by atoms with Crippen molar-refractivity contribution in [3.63, 3.8) is 0 Å². The van der Waals surface area contributed by atoms with E-state index in [9.17, 15) is 4.79 Å². The van der Waals surface area contributed by atoms with Crippen molar-refractivity contribution in [2.24, 2.45) is 23.2 Å². The Balaban J connectivity index is 1.63. The molecule has 0 spiro atoms. The minimum absolute atomic E-state index is 0.213. The molecule has 0 bridgehead atoms. The molecule has 8 nitrogen and oxygen atoms in total. The number of pyridine rings is 1. The van der Waals surface area contributed by atoms with E-state index in [1.54, 1.807) is 6.20 Å². The molecule has 0 unspecified atom stereocenters. The Kier molecular flexibility index (Phi) is 2.94. The van der Waals surface area contributed by atoms with Gasteiger partial charge >= 0.3 is 0 Å². The third-order valence-electron chi connectivity index (χ3n) is 5.84. The van der Waals surface area contributed by atoms with Crippen LogP contribution in [-0.2, 0) is 10.3 Å². The molecular weight excluding hydrogens is 306 g/mol. The van der Waals surface area contributed by atoms with E-state index in [-0.39, 0.29) is 5.91 Å². The van der Waals surface area contributed by atoms with Gasteiger partial charge in [0, 0.05) is 31.7 Å². The number of carbonyl (C=O) groups is 1. The number of hydrogen-bond donors (Lipinski definition) is 4. The van der Waals surface area contributed by atoms with E-state index in [2.05, 4.69) is 10.3 Å². The van der Waals surface area contributed by atoms with Crippen LogP contribution < -0.4 is 22.6 Å². The summed E-state index contributed by atoms with van der Waals surface area (Å²) in [5.41, 5.74) is 12.2. The lowest BCUT2D eigenvalue weighted by Crippen LogP contribution is -2.53. The van der Waals surface area contributed by atoms with Crippen LogP contribution in [0.15, 0.2) is 30.7 Å². The van der Waals surface area contributed by atoms with Crippen molar-refractivity contribution in [3.05, 3.63) is 36.3 Å². The fourth-order valence-corrected chi connectivity index (χ4v) is 3.95. The molecule has 2 aliphatic rings. The van der Waals surface area contributed by atoms with Crippen molar-refractivity contribution >= 4 is 11.6 Å². The summed E-state index contributed by atoms with van der Waals surface area (Å²) < 4.78 is 1.91. The number of rotatable bonds is 3. The average molecular weight is 329 g/mol. The Hall–Kier alpha value is -2.00. The molecule has 0 aromatic carbocycles. The fourth-order valence-electron chi connectivity index (χ4n) is 3.95. The van der Waals surface area contributed by atoms with Gasteiger partial charge in [0.2, 0.25) is 5.91 Å². The maximum Gasteiger partial charge on any atom is 0.244 e. The Morgan fingerprint density at radius 2 is 2.04 bits per heavy atom. The molecule has 1 saturated heterocycles. The first kappa shape index (κ1) is 15.5. The quantitative estimate of drug-likeness (QED) is 0.321. The maximum atomic E-state index is 13.0. The minimum Gasteiger partial charge on any atom is -0.322 e. The number of amides is 1. The number of nitrogens with two attached hydrogens (primary N) is 3. The van der Waals surface area contributed by atoms with Crippen LogP contribution in [0.2, 0.25) is 0 Å². The molecule has 2 fully saturated rings. The highest BCUT2D eigenvalue weighted by molar-refractivity contribution is 5.88. The predicted octanol–water partition coefficient (Wildman–Crippen LogP) is -1.10. The van der Waals surface area contributed by atoms with Gasteiger partial charge < -0.3 is 21.2 Å². The molecule has 128 valence electrons. The summed E-state index contributed by atoms with van der Waals surface area (Å²) in [6.45, 7) is 4.88. The number of hydrazine groups is 1. The van der Waals surface area contributed by atoms with Crippen molar-refractivity contribution in [2.45, 2.75) is 30.5 Å². The van der Waals surface area contributed by atoms with Gasteiger partial charge in [0.25, 0.3) is 0 Å². The summed E-state index contributed by atoms with van der Waals surface area (Å²) in [6.07, 6.45) is 5.50. The van der Waals surface area contributed by atoms with Crippen LogP contribution in [0.4, 0.5) is 0 Å². The number of hydrogen-bond acceptors (Lipinski definition) is 6. The van der Waals surface area contributed by atoms with E-state index in [4.69, 9.17) is 17.3 Å². The van der Waals surface area contributed by atoms with Gasteiger partial charge in [-0.2, -0.15) is 0 Å². The van der Waals surface area contributed by atoms with Crippen LogP contribution in [0, 0.1) is 5.92 Å². The van der Waals surface area contributed by atoms with Gasteiger partial charge in [-0.15, -0.1) is 0 Å². The standard InChI is InChI=1S/C16H23N7O/c1-14(2,10-3-5-22-6-4-21-11(22)7-10)23(19)13(24)12-15(17)8-20-9-16(12,15)18/h3-7,12,20H,8-9,17-19H2,1-2H3/t12-,15+,16-. The summed E-state index contributed by atoms with van der Waals surface area (Å²) in [7, 11) is 0. The van der Waals surface area contributed by atoms with Gasteiger partial charge in [0.15, 0.2) is 0 Å². The number of piperidine rings is 1. The van der Waals surface area contributed by atoms with Gasteiger partial charge in [0.05, 0.1) is 22.5 Å². The Bertz CT molecular complexity index is 815. The fraction of sp³-hybridized carbons (Fsp3) is 0.500. The second-order valence-corrected chi connectivity index (χ2v) is 7.49. The molecule has 0 radical (unpaired) electrons. The monoisotopic (exact) mass is 329 g/mol. The summed E-state index contributed by atoms with van der Waals surface area (Å²) in [4.78, 5) is 17.2. The Morgan fingerprint density at radius 3 is 2.71 bits per heavy atom. The minimum atomic E-state index is -0.707. The van der Waals surface area contributed by atoms with E-state index in [1.807, 2.05) is 42.8 Å². The van der Waals surface area contributed by atoms with Crippen LogP contribution in [0.1, 0.15) is 19.4 Å². The SMILES string of the molecule is CC(C)(c1ccn2ccnc2c1)N(N)C(=O)[C@H]1[C@]2(N)CNC[C@]12N. The van der Waals surface area contributed by atoms with Crippen molar-refractivity contribution < 1.29 is 4.79 Å². The molecule has 2 aromatic rings. The topological polar surface area (TPSA) is 128 Å². The van der Waals surface area contributed by atoms with Crippen LogP contribution >= 0.6 is 0 Å². The highest BCUT2D eigenvalue weighted by atomic mass is 16.2. The largest absolute Gasteiger partial charge is 0.322 e. The molecule has 2 aromatic heterocycles. The number of carbonyl (C=O) groups excluding carboxylic acids is 1. The lowest BCUT2D eigenvalue weighted by atomic mass is 9.93. The van der Waals surface area contributed by atoms with Crippen LogP contribution in [0.3, 0.4) is 0 Å². The number of nitrogens with zero attached hydrogens (tertiary/aromatic N) is 3. The molecule has 24 heavy (non-hydrogen) atoms. The van der Waals surface area contributed by atoms with Crippen LogP contribution in [0.25, 0.3) is 5.65 Å². The smallest absolute Gasteiger partial charge is 0.244 e. The number of nitrogens with one attached hydrogen (secondary N) is 1. The maximum absolute atomic E-state index is 13.0. The highest BCUT2D eigenvalue weighted by Crippen LogP contribution is 2.54. The first-order valence-corrected chi connectivity index (χ1v) is 8.02. The molecular formula is C16H23N7O. The normalized spacial score (nSPS) is 32.0. The van der Waals surface area contributed by atoms with Crippen molar-refractivity contribution in [2.75, 3.05) is 13.1 Å². The zero-order valence-electron chi connectivity index (χ0n) is 13.9. The van der Waals surface area contributed by atoms with E-state index in [1.165, 1.54) is 5.01 Å². The zero-order valence-corrected chi connectivity index (χ0v) is 13.9. The van der Waals surface area contributed by atoms with Gasteiger partial charge in [-0.1, -0.05) is 0 Å². The molecule has 3 heterocycles. The molecule has 3 atom stereocenters. The molecule has 1 saturated carbocycles. The van der Waals surface area contributed by atoms with Gasteiger partial charge in [-0.3, -0.25) is 9.80 Å². The molecule has 8 heteroatoms. The third kappa shape index (κ3) is 1.76. The molecule has 7 N–H and O–H groups in total. The second kappa shape index (κ2) is 4.54. The van der Waals surface area contributed by atoms with E-state index < -0.39 is 22.5 Å². The third-order valence-corrected chi connectivity index (χ3v) is 5.84. The summed E-state index contributed by atoms with van der Waals surface area (Å²) >= 11 is 0. The van der Waals surface area contributed by atoms with Crippen LogP contribution in [-0.4, -0.2) is 44.5 Å². The van der Waals surface area contributed by atoms with Crippen LogP contribution in [0.5, 0.6) is 0 Å². The average Bonchev–Trinajstić information content (AvgIpc) is 2.92. The Labute approximate surface area is 140 Å². The zero-order chi connectivity index (χ0) is 17.3. The van der Waals surface area contributed by atoms with E-state index in [0.717, 1.165) is 11.2 Å². The van der Waals surface area contributed by atoms with Gasteiger partial charge in [0.1, 0.15) is 5.65 Å². The second-order valence-electron chi connectivity index (χ2n) is 7.49. The molecule has 4 rings (SSSR count). The lowest BCUT2D eigenvalue weighted by Gasteiger charge is -2.36. The number of imidazole rings is 1. The lowest BCUT2D eigenvalue weighted by molar-refractivity contribution is -0.139. The summed E-state index contributed by atoms with van der Waals surface area (Å²) in [6, 6.07) is 3.87. The summed E-state index contributed by atoms with van der Waals surface area (Å²) in [5.74, 6) is 5.57. The van der Waals surface area contributed by atoms with E-state index >= 15 is 0 Å². The highest BCUT2D eigenvalue weighted by Gasteiger charge is 2.79. The summed E-state index contributed by atoms with van der Waals surface area (Å²) in [5, 5.41) is 4.41. The Morgan fingerprint density at radius 1 is 1.38 bits per heavy atom. The first-order valence-electron chi connectivity index (χ1n) is 8.02. The number of fused-ring (bicyclic) bond motifs is 2. The number of aromatic nitrogens is 2. The van der Waals surface area contributed by atoms with Crippen molar-refractivity contribution in [1.82, 2.24) is 19.7 Å². The van der Waals surface area contributed by atoms with Gasteiger partial charge in [-0.05, 0) is 31.5 Å². The van der Waals surface area contributed by atoms with Gasteiger partial charge in [-0.25, -0.2) is 10.8 Å². The molecule has 1 aliphatic heterocycles. The molecule has 1 aliphatic carbocycles. The predicted molar refractivity (Wildman–Crippen MR) is 89.4 cm³/mol. The van der Waals surface area contributed by atoms with E-state index in [0.29, 0.717) is 13.1 Å².